The van der Waals surface area contributed by atoms with Gasteiger partial charge in [0.2, 0.25) is 0 Å². The van der Waals surface area contributed by atoms with Crippen LogP contribution in [-0.4, -0.2) is 42.3 Å². The highest BCUT2D eigenvalue weighted by molar-refractivity contribution is 4.77. The van der Waals surface area contributed by atoms with E-state index in [1.165, 1.54) is 44.9 Å². The van der Waals surface area contributed by atoms with Gasteiger partial charge in [-0.25, -0.2) is 0 Å². The molecule has 0 saturated heterocycles. The van der Waals surface area contributed by atoms with Crippen LogP contribution < -0.4 is 5.73 Å². The molecule has 108 valence electrons. The predicted molar refractivity (Wildman–Crippen MR) is 77.6 cm³/mol. The van der Waals surface area contributed by atoms with Crippen molar-refractivity contribution in [2.75, 3.05) is 26.2 Å². The molecule has 0 aromatic heterocycles. The van der Waals surface area contributed by atoms with Crippen LogP contribution in [0.1, 0.15) is 58.8 Å². The van der Waals surface area contributed by atoms with Crippen LogP contribution in [0.3, 0.4) is 0 Å². The van der Waals surface area contributed by atoms with Gasteiger partial charge in [-0.3, -0.25) is 4.90 Å². The number of aliphatic hydroxyl groups is 1. The van der Waals surface area contributed by atoms with Crippen LogP contribution in [0.5, 0.6) is 0 Å². The molecule has 0 amide bonds. The molecule has 1 fully saturated rings. The van der Waals surface area contributed by atoms with E-state index in [2.05, 4.69) is 18.7 Å². The molecule has 0 aromatic carbocycles. The van der Waals surface area contributed by atoms with Gasteiger partial charge in [-0.15, -0.1) is 0 Å². The van der Waals surface area contributed by atoms with Crippen molar-refractivity contribution in [2.24, 2.45) is 11.1 Å². The number of rotatable bonds is 8. The smallest absolute Gasteiger partial charge is 0.0558 e. The van der Waals surface area contributed by atoms with Crippen molar-refractivity contribution < 1.29 is 5.11 Å². The fourth-order valence-electron chi connectivity index (χ4n) is 2.91. The average molecular weight is 256 g/mol. The van der Waals surface area contributed by atoms with Gasteiger partial charge < -0.3 is 10.8 Å². The summed E-state index contributed by atoms with van der Waals surface area (Å²) < 4.78 is 0. The summed E-state index contributed by atoms with van der Waals surface area (Å²) in [4.78, 5) is 2.51. The Hall–Kier alpha value is -0.120. The first kappa shape index (κ1) is 15.9. The van der Waals surface area contributed by atoms with Gasteiger partial charge in [0, 0.05) is 12.6 Å². The zero-order valence-corrected chi connectivity index (χ0v) is 12.3. The van der Waals surface area contributed by atoms with E-state index in [1.807, 2.05) is 0 Å². The van der Waals surface area contributed by atoms with Crippen LogP contribution in [0.2, 0.25) is 0 Å². The van der Waals surface area contributed by atoms with Gasteiger partial charge >= 0.3 is 0 Å². The Morgan fingerprint density at radius 2 is 1.83 bits per heavy atom. The minimum atomic E-state index is 0.261. The second kappa shape index (κ2) is 8.13. The van der Waals surface area contributed by atoms with Crippen LogP contribution >= 0.6 is 0 Å². The highest BCUT2D eigenvalue weighted by Crippen LogP contribution is 2.24. The van der Waals surface area contributed by atoms with E-state index in [0.29, 0.717) is 6.04 Å². The van der Waals surface area contributed by atoms with Gasteiger partial charge in [0.15, 0.2) is 0 Å². The van der Waals surface area contributed by atoms with Crippen LogP contribution in [0.15, 0.2) is 0 Å². The normalized spacial score (nSPS) is 18.5. The molecule has 1 aliphatic carbocycles. The molecule has 0 spiro atoms. The third-order valence-electron chi connectivity index (χ3n) is 4.33. The molecular formula is C15H32N2O. The van der Waals surface area contributed by atoms with E-state index >= 15 is 0 Å². The predicted octanol–water partition coefficient (Wildman–Crippen LogP) is 2.38. The number of hydrogen-bond donors (Lipinski definition) is 2. The summed E-state index contributed by atoms with van der Waals surface area (Å²) in [6.45, 7) is 7.49. The van der Waals surface area contributed by atoms with Crippen molar-refractivity contribution in [1.82, 2.24) is 4.90 Å². The zero-order valence-electron chi connectivity index (χ0n) is 12.3. The first-order valence-corrected chi connectivity index (χ1v) is 7.64. The van der Waals surface area contributed by atoms with E-state index < -0.39 is 0 Å². The lowest BCUT2D eigenvalue weighted by Crippen LogP contribution is -2.39. The molecule has 1 saturated carbocycles. The zero-order chi connectivity index (χ0) is 13.4. The number of hydrogen-bond acceptors (Lipinski definition) is 3. The summed E-state index contributed by atoms with van der Waals surface area (Å²) in [6.07, 6.45) is 9.13. The standard InChI is InChI=1S/C15H32N2O/c1-15(2,13-16)9-6-10-17(11-12-18)14-7-4-3-5-8-14/h14,18H,3-13,16H2,1-2H3. The Labute approximate surface area is 113 Å². The molecule has 3 heteroatoms. The molecule has 1 rings (SSSR count). The maximum absolute atomic E-state index is 9.21. The Kier molecular flexibility index (Phi) is 7.20. The van der Waals surface area contributed by atoms with Gasteiger partial charge in [-0.2, -0.15) is 0 Å². The number of aliphatic hydroxyl groups excluding tert-OH is 1. The van der Waals surface area contributed by atoms with E-state index in [1.54, 1.807) is 0 Å². The number of nitrogens with zero attached hydrogens (tertiary/aromatic N) is 1. The molecule has 3 nitrogen and oxygen atoms in total. The van der Waals surface area contributed by atoms with E-state index in [-0.39, 0.29) is 12.0 Å². The monoisotopic (exact) mass is 256 g/mol. The first-order chi connectivity index (χ1) is 8.59. The van der Waals surface area contributed by atoms with E-state index in [0.717, 1.165) is 19.6 Å². The summed E-state index contributed by atoms with van der Waals surface area (Å²) in [5.74, 6) is 0. The second-order valence-electron chi connectivity index (χ2n) is 6.52. The first-order valence-electron chi connectivity index (χ1n) is 7.64. The lowest BCUT2D eigenvalue weighted by atomic mass is 9.87. The molecule has 0 atom stereocenters. The molecule has 0 radical (unpaired) electrons. The molecule has 0 aliphatic heterocycles. The van der Waals surface area contributed by atoms with Gasteiger partial charge in [-0.1, -0.05) is 33.1 Å². The lowest BCUT2D eigenvalue weighted by molar-refractivity contribution is 0.118. The maximum atomic E-state index is 9.21. The molecule has 0 unspecified atom stereocenters. The minimum absolute atomic E-state index is 0.261. The summed E-state index contributed by atoms with van der Waals surface area (Å²) in [6, 6.07) is 0.715. The van der Waals surface area contributed by atoms with Crippen molar-refractivity contribution in [2.45, 2.75) is 64.8 Å². The third-order valence-corrected chi connectivity index (χ3v) is 4.33. The summed E-state index contributed by atoms with van der Waals surface area (Å²) >= 11 is 0. The van der Waals surface area contributed by atoms with Crippen molar-refractivity contribution in [3.8, 4) is 0 Å². The minimum Gasteiger partial charge on any atom is -0.395 e. The molecule has 0 aromatic rings. The highest BCUT2D eigenvalue weighted by atomic mass is 16.3. The average Bonchev–Trinajstić information content (AvgIpc) is 2.39. The summed E-state index contributed by atoms with van der Waals surface area (Å²) in [7, 11) is 0. The molecule has 1 aliphatic rings. The van der Waals surface area contributed by atoms with Gasteiger partial charge in [-0.05, 0) is 44.2 Å². The molecule has 0 bridgehead atoms. The maximum Gasteiger partial charge on any atom is 0.0558 e. The molecule has 3 N–H and O–H groups in total. The SMILES string of the molecule is CC(C)(CN)CCCN(CCO)C1CCCCC1. The Bertz CT molecular complexity index is 213. The van der Waals surface area contributed by atoms with Crippen LogP contribution in [0, 0.1) is 5.41 Å². The summed E-state index contributed by atoms with van der Waals surface area (Å²) in [5.41, 5.74) is 6.03. The van der Waals surface area contributed by atoms with Gasteiger partial charge in [0.25, 0.3) is 0 Å². The van der Waals surface area contributed by atoms with Gasteiger partial charge in [0.05, 0.1) is 6.61 Å². The Morgan fingerprint density at radius 3 is 2.39 bits per heavy atom. The summed E-state index contributed by atoms with van der Waals surface area (Å²) in [5, 5.41) is 9.21. The molecule has 18 heavy (non-hydrogen) atoms. The van der Waals surface area contributed by atoms with Crippen molar-refractivity contribution in [3.05, 3.63) is 0 Å². The van der Waals surface area contributed by atoms with Crippen molar-refractivity contribution >= 4 is 0 Å². The van der Waals surface area contributed by atoms with E-state index in [4.69, 9.17) is 5.73 Å². The second-order valence-corrected chi connectivity index (χ2v) is 6.52. The van der Waals surface area contributed by atoms with Crippen LogP contribution in [-0.2, 0) is 0 Å². The molecule has 0 heterocycles. The fraction of sp³-hybridized carbons (Fsp3) is 1.00. The highest BCUT2D eigenvalue weighted by Gasteiger charge is 2.21. The van der Waals surface area contributed by atoms with E-state index in [9.17, 15) is 5.11 Å². The van der Waals surface area contributed by atoms with Crippen LogP contribution in [0.4, 0.5) is 0 Å². The van der Waals surface area contributed by atoms with Crippen molar-refractivity contribution in [3.63, 3.8) is 0 Å². The topological polar surface area (TPSA) is 49.5 Å². The lowest BCUT2D eigenvalue weighted by Gasteiger charge is -2.34. The van der Waals surface area contributed by atoms with Crippen molar-refractivity contribution in [1.29, 1.82) is 0 Å². The Balaban J connectivity index is 2.33. The quantitative estimate of drug-likeness (QED) is 0.701. The Morgan fingerprint density at radius 1 is 1.17 bits per heavy atom. The van der Waals surface area contributed by atoms with Gasteiger partial charge in [0.1, 0.15) is 0 Å². The largest absolute Gasteiger partial charge is 0.395 e. The number of nitrogens with two attached hydrogens (primary N) is 1. The third kappa shape index (κ3) is 5.68. The van der Waals surface area contributed by atoms with Crippen LogP contribution in [0.25, 0.3) is 0 Å². The molecular weight excluding hydrogens is 224 g/mol. The fourth-order valence-corrected chi connectivity index (χ4v) is 2.91.